The van der Waals surface area contributed by atoms with E-state index in [0.717, 1.165) is 0 Å². The van der Waals surface area contributed by atoms with Crippen LogP contribution in [0, 0.1) is 5.92 Å². The van der Waals surface area contributed by atoms with Crippen LogP contribution in [0.25, 0.3) is 0 Å². The van der Waals surface area contributed by atoms with E-state index in [1.54, 1.807) is 0 Å². The van der Waals surface area contributed by atoms with Gasteiger partial charge in [0.2, 0.25) is 5.91 Å². The molecule has 0 aromatic carbocycles. The monoisotopic (exact) mass is 213 g/mol. The molecule has 0 heterocycles. The zero-order valence-corrected chi connectivity index (χ0v) is 9.38. The Bertz CT molecular complexity index is 257. The number of carboxylic acid groups (broad SMARTS) is 1. The highest BCUT2D eigenvalue weighted by Gasteiger charge is 2.38. The third kappa shape index (κ3) is 4.32. The van der Waals surface area contributed by atoms with Crippen molar-refractivity contribution < 1.29 is 14.7 Å². The zero-order chi connectivity index (χ0) is 11.5. The van der Waals surface area contributed by atoms with Crippen molar-refractivity contribution in [2.75, 3.05) is 0 Å². The summed E-state index contributed by atoms with van der Waals surface area (Å²) in [7, 11) is 0. The molecule has 1 aliphatic carbocycles. The van der Waals surface area contributed by atoms with Gasteiger partial charge in [0.15, 0.2) is 0 Å². The number of rotatable bonds is 6. The molecule has 0 aromatic heterocycles. The van der Waals surface area contributed by atoms with E-state index in [9.17, 15) is 9.59 Å². The van der Waals surface area contributed by atoms with E-state index in [-0.39, 0.29) is 17.9 Å². The second-order valence-corrected chi connectivity index (χ2v) is 4.79. The summed E-state index contributed by atoms with van der Waals surface area (Å²) < 4.78 is 0. The Morgan fingerprint density at radius 3 is 2.40 bits per heavy atom. The normalized spacial score (nSPS) is 16.1. The van der Waals surface area contributed by atoms with Crippen LogP contribution in [0.4, 0.5) is 0 Å². The van der Waals surface area contributed by atoms with Gasteiger partial charge in [-0.15, -0.1) is 0 Å². The molecule has 1 fully saturated rings. The molecule has 0 radical (unpaired) electrons. The molecule has 15 heavy (non-hydrogen) atoms. The van der Waals surface area contributed by atoms with E-state index < -0.39 is 5.97 Å². The first-order valence-corrected chi connectivity index (χ1v) is 5.44. The highest BCUT2D eigenvalue weighted by molar-refractivity contribution is 5.77. The Morgan fingerprint density at radius 1 is 1.33 bits per heavy atom. The van der Waals surface area contributed by atoms with E-state index in [0.29, 0.717) is 18.8 Å². The maximum Gasteiger partial charge on any atom is 0.303 e. The Labute approximate surface area is 90.0 Å². The summed E-state index contributed by atoms with van der Waals surface area (Å²) in [5.74, 6) is -0.279. The van der Waals surface area contributed by atoms with Crippen molar-refractivity contribution >= 4 is 11.9 Å². The molecule has 0 saturated heterocycles. The molecule has 0 aliphatic heterocycles. The van der Waals surface area contributed by atoms with Crippen molar-refractivity contribution in [1.82, 2.24) is 5.32 Å². The second-order valence-electron chi connectivity index (χ2n) is 4.79. The van der Waals surface area contributed by atoms with E-state index in [2.05, 4.69) is 5.32 Å². The lowest BCUT2D eigenvalue weighted by Crippen LogP contribution is -2.45. The molecule has 1 rings (SSSR count). The zero-order valence-electron chi connectivity index (χ0n) is 9.38. The van der Waals surface area contributed by atoms with Gasteiger partial charge in [0, 0.05) is 18.4 Å². The fourth-order valence-corrected chi connectivity index (χ4v) is 1.73. The fraction of sp³-hybridized carbons (Fsp3) is 0.818. The molecule has 4 heteroatoms. The largest absolute Gasteiger partial charge is 0.481 e. The fourth-order valence-electron chi connectivity index (χ4n) is 1.73. The minimum atomic E-state index is -0.843. The predicted molar refractivity (Wildman–Crippen MR) is 56.4 cm³/mol. The van der Waals surface area contributed by atoms with Crippen molar-refractivity contribution in [2.45, 2.75) is 51.5 Å². The number of carboxylic acids is 1. The van der Waals surface area contributed by atoms with Crippen LogP contribution in [-0.2, 0) is 9.59 Å². The number of carbonyl (C=O) groups excluding carboxylic acids is 1. The molecule has 0 unspecified atom stereocenters. The highest BCUT2D eigenvalue weighted by atomic mass is 16.4. The first-order valence-electron chi connectivity index (χ1n) is 5.44. The van der Waals surface area contributed by atoms with Crippen molar-refractivity contribution in [1.29, 1.82) is 0 Å². The summed E-state index contributed by atoms with van der Waals surface area (Å²) in [5, 5.41) is 11.4. The van der Waals surface area contributed by atoms with Crippen molar-refractivity contribution in [2.24, 2.45) is 5.92 Å². The average molecular weight is 213 g/mol. The topological polar surface area (TPSA) is 66.4 Å². The van der Waals surface area contributed by atoms with Gasteiger partial charge >= 0.3 is 5.97 Å². The second kappa shape index (κ2) is 4.64. The molecule has 0 bridgehead atoms. The number of amides is 1. The van der Waals surface area contributed by atoms with E-state index in [1.165, 1.54) is 12.8 Å². The van der Waals surface area contributed by atoms with Gasteiger partial charge in [-0.2, -0.15) is 0 Å². The van der Waals surface area contributed by atoms with Gasteiger partial charge < -0.3 is 10.4 Å². The molecule has 0 aromatic rings. The SMILES string of the molecule is CC(C)(NC(=O)CCCC(=O)O)C1CC1. The van der Waals surface area contributed by atoms with Gasteiger partial charge in [-0.1, -0.05) is 0 Å². The van der Waals surface area contributed by atoms with Gasteiger partial charge in [-0.25, -0.2) is 0 Å². The molecule has 1 aliphatic rings. The Balaban J connectivity index is 2.20. The van der Waals surface area contributed by atoms with Crippen molar-refractivity contribution in [3.63, 3.8) is 0 Å². The number of nitrogens with one attached hydrogen (secondary N) is 1. The summed E-state index contributed by atoms with van der Waals surface area (Å²) in [6.45, 7) is 4.06. The molecule has 1 amide bonds. The van der Waals surface area contributed by atoms with Crippen LogP contribution in [0.15, 0.2) is 0 Å². The number of hydrogen-bond donors (Lipinski definition) is 2. The van der Waals surface area contributed by atoms with Crippen LogP contribution in [0.3, 0.4) is 0 Å². The maximum atomic E-state index is 11.5. The first kappa shape index (κ1) is 12.0. The molecule has 2 N–H and O–H groups in total. The maximum absolute atomic E-state index is 11.5. The molecule has 0 atom stereocenters. The average Bonchev–Trinajstić information content (AvgIpc) is 2.83. The minimum Gasteiger partial charge on any atom is -0.481 e. The first-order chi connectivity index (χ1) is 6.92. The molecule has 1 saturated carbocycles. The Hall–Kier alpha value is -1.06. The van der Waals surface area contributed by atoms with Crippen molar-refractivity contribution in [3.05, 3.63) is 0 Å². The lowest BCUT2D eigenvalue weighted by atomic mass is 9.98. The quantitative estimate of drug-likeness (QED) is 0.703. The highest BCUT2D eigenvalue weighted by Crippen LogP contribution is 2.39. The third-order valence-corrected chi connectivity index (χ3v) is 2.85. The lowest BCUT2D eigenvalue weighted by molar-refractivity contribution is -0.137. The molecule has 0 spiro atoms. The summed E-state index contributed by atoms with van der Waals surface area (Å²) in [6, 6.07) is 0. The number of carbonyl (C=O) groups is 2. The molecular weight excluding hydrogens is 194 g/mol. The van der Waals surface area contributed by atoms with Crippen LogP contribution >= 0.6 is 0 Å². The van der Waals surface area contributed by atoms with E-state index in [1.807, 2.05) is 13.8 Å². The Kier molecular flexibility index (Phi) is 3.72. The lowest BCUT2D eigenvalue weighted by Gasteiger charge is -2.26. The summed E-state index contributed by atoms with van der Waals surface area (Å²) in [4.78, 5) is 21.7. The third-order valence-electron chi connectivity index (χ3n) is 2.85. The van der Waals surface area contributed by atoms with E-state index >= 15 is 0 Å². The molecule has 4 nitrogen and oxygen atoms in total. The van der Waals surface area contributed by atoms with Gasteiger partial charge in [-0.3, -0.25) is 9.59 Å². The minimum absolute atomic E-state index is 0.0341. The standard InChI is InChI=1S/C11H19NO3/c1-11(2,8-6-7-8)12-9(13)4-3-5-10(14)15/h8H,3-7H2,1-2H3,(H,12,13)(H,14,15). The number of hydrogen-bond acceptors (Lipinski definition) is 2. The van der Waals surface area contributed by atoms with E-state index in [4.69, 9.17) is 5.11 Å². The predicted octanol–water partition coefficient (Wildman–Crippen LogP) is 1.55. The van der Waals surface area contributed by atoms with Crippen LogP contribution in [0.5, 0.6) is 0 Å². The van der Waals surface area contributed by atoms with Gasteiger partial charge in [0.25, 0.3) is 0 Å². The molecule has 86 valence electrons. The summed E-state index contributed by atoms with van der Waals surface area (Å²) >= 11 is 0. The van der Waals surface area contributed by atoms with Gasteiger partial charge in [0.05, 0.1) is 0 Å². The van der Waals surface area contributed by atoms with Gasteiger partial charge in [0.1, 0.15) is 0 Å². The van der Waals surface area contributed by atoms with Crippen LogP contribution in [0.2, 0.25) is 0 Å². The summed E-state index contributed by atoms with van der Waals surface area (Å²) in [5.41, 5.74) is -0.125. The number of aliphatic carboxylic acids is 1. The van der Waals surface area contributed by atoms with Gasteiger partial charge in [-0.05, 0) is 39.0 Å². The Morgan fingerprint density at radius 2 is 1.93 bits per heavy atom. The summed E-state index contributed by atoms with van der Waals surface area (Å²) in [6.07, 6.45) is 3.16. The smallest absolute Gasteiger partial charge is 0.303 e. The molecular formula is C11H19NO3. The van der Waals surface area contributed by atoms with Crippen molar-refractivity contribution in [3.8, 4) is 0 Å². The van der Waals surface area contributed by atoms with Crippen LogP contribution < -0.4 is 5.32 Å². The van der Waals surface area contributed by atoms with Crippen LogP contribution in [-0.4, -0.2) is 22.5 Å². The van der Waals surface area contributed by atoms with Crippen LogP contribution in [0.1, 0.15) is 46.0 Å².